The lowest BCUT2D eigenvalue weighted by Crippen LogP contribution is -2.33. The number of nitrogens with zero attached hydrogens (tertiary/aromatic N) is 1. The van der Waals surface area contributed by atoms with Crippen molar-refractivity contribution in [3.05, 3.63) is 35.4 Å². The van der Waals surface area contributed by atoms with Gasteiger partial charge in [-0.05, 0) is 24.6 Å². The number of hydrogen-bond acceptors (Lipinski definition) is 2. The van der Waals surface area contributed by atoms with Gasteiger partial charge >= 0.3 is 0 Å². The molecule has 108 valence electrons. The monoisotopic (exact) mass is 270 g/mol. The molecular formula is C15H24F2N2. The number of alkyl halides is 2. The maximum Gasteiger partial charge on any atom is 0.263 e. The smallest absolute Gasteiger partial charge is 0.263 e. The summed E-state index contributed by atoms with van der Waals surface area (Å²) < 4.78 is 25.5. The van der Waals surface area contributed by atoms with Crippen molar-refractivity contribution in [2.75, 3.05) is 20.1 Å². The lowest BCUT2D eigenvalue weighted by atomic mass is 10.0. The van der Waals surface area contributed by atoms with Gasteiger partial charge in [-0.1, -0.05) is 38.5 Å². The lowest BCUT2D eigenvalue weighted by Gasteiger charge is -2.29. The summed E-state index contributed by atoms with van der Waals surface area (Å²) in [4.78, 5) is 2.15. The average molecular weight is 270 g/mol. The molecule has 2 nitrogen and oxygen atoms in total. The van der Waals surface area contributed by atoms with Gasteiger partial charge in [-0.25, -0.2) is 8.78 Å². The van der Waals surface area contributed by atoms with Crippen molar-refractivity contribution in [1.29, 1.82) is 0 Å². The second-order valence-corrected chi connectivity index (χ2v) is 5.18. The van der Waals surface area contributed by atoms with Crippen LogP contribution in [0.1, 0.15) is 43.9 Å². The SMILES string of the molecule is CCC(C)CN(C)C(CN)c1cccc(C(F)F)c1. The summed E-state index contributed by atoms with van der Waals surface area (Å²) in [7, 11) is 2.00. The van der Waals surface area contributed by atoms with Crippen LogP contribution in [0.2, 0.25) is 0 Å². The first kappa shape index (κ1) is 16.1. The van der Waals surface area contributed by atoms with Gasteiger partial charge < -0.3 is 5.73 Å². The minimum absolute atomic E-state index is 0.00676. The van der Waals surface area contributed by atoms with Gasteiger partial charge in [0.15, 0.2) is 0 Å². The minimum Gasteiger partial charge on any atom is -0.329 e. The van der Waals surface area contributed by atoms with E-state index in [0.717, 1.165) is 18.5 Å². The van der Waals surface area contributed by atoms with E-state index >= 15 is 0 Å². The summed E-state index contributed by atoms with van der Waals surface area (Å²) in [5.41, 5.74) is 6.75. The highest BCUT2D eigenvalue weighted by molar-refractivity contribution is 5.27. The molecule has 2 atom stereocenters. The summed E-state index contributed by atoms with van der Waals surface area (Å²) in [6.07, 6.45) is -1.34. The second-order valence-electron chi connectivity index (χ2n) is 5.18. The van der Waals surface area contributed by atoms with E-state index in [0.29, 0.717) is 12.5 Å². The number of hydrogen-bond donors (Lipinski definition) is 1. The molecule has 0 heterocycles. The van der Waals surface area contributed by atoms with Crippen molar-refractivity contribution in [1.82, 2.24) is 4.90 Å². The van der Waals surface area contributed by atoms with Gasteiger partial charge in [0.1, 0.15) is 0 Å². The van der Waals surface area contributed by atoms with Crippen LogP contribution >= 0.6 is 0 Å². The molecule has 0 aliphatic heterocycles. The van der Waals surface area contributed by atoms with Crippen molar-refractivity contribution in [3.63, 3.8) is 0 Å². The fourth-order valence-corrected chi connectivity index (χ4v) is 2.22. The highest BCUT2D eigenvalue weighted by Gasteiger charge is 2.18. The quantitative estimate of drug-likeness (QED) is 0.820. The summed E-state index contributed by atoms with van der Waals surface area (Å²) >= 11 is 0. The van der Waals surface area contributed by atoms with Crippen molar-refractivity contribution < 1.29 is 8.78 Å². The predicted molar refractivity (Wildman–Crippen MR) is 75.3 cm³/mol. The van der Waals surface area contributed by atoms with Crippen molar-refractivity contribution in [2.45, 2.75) is 32.7 Å². The van der Waals surface area contributed by atoms with Crippen molar-refractivity contribution in [2.24, 2.45) is 11.7 Å². The highest BCUT2D eigenvalue weighted by atomic mass is 19.3. The fourth-order valence-electron chi connectivity index (χ4n) is 2.22. The third kappa shape index (κ3) is 4.55. The molecule has 2 N–H and O–H groups in total. The number of benzene rings is 1. The molecule has 0 aromatic heterocycles. The highest BCUT2D eigenvalue weighted by Crippen LogP contribution is 2.25. The Morgan fingerprint density at radius 3 is 2.42 bits per heavy atom. The van der Waals surface area contributed by atoms with E-state index in [1.807, 2.05) is 13.1 Å². The molecule has 0 saturated heterocycles. The zero-order valence-corrected chi connectivity index (χ0v) is 11.9. The Hall–Kier alpha value is -1.00. The number of likely N-dealkylation sites (N-methyl/N-ethyl adjacent to an activating group) is 1. The Balaban J connectivity index is 2.87. The molecule has 1 aromatic carbocycles. The van der Waals surface area contributed by atoms with Gasteiger partial charge in [-0.2, -0.15) is 0 Å². The van der Waals surface area contributed by atoms with Crippen LogP contribution in [0.4, 0.5) is 8.78 Å². The molecule has 1 rings (SSSR count). The molecule has 1 aromatic rings. The van der Waals surface area contributed by atoms with E-state index in [-0.39, 0.29) is 11.6 Å². The Morgan fingerprint density at radius 2 is 1.89 bits per heavy atom. The first-order valence-corrected chi connectivity index (χ1v) is 6.77. The van der Waals surface area contributed by atoms with Gasteiger partial charge in [0.2, 0.25) is 0 Å². The fraction of sp³-hybridized carbons (Fsp3) is 0.600. The van der Waals surface area contributed by atoms with Crippen molar-refractivity contribution in [3.8, 4) is 0 Å². The maximum absolute atomic E-state index is 12.7. The number of nitrogens with two attached hydrogens (primary N) is 1. The predicted octanol–water partition coefficient (Wildman–Crippen LogP) is 3.60. The summed E-state index contributed by atoms with van der Waals surface area (Å²) in [5.74, 6) is 0.567. The molecule has 4 heteroatoms. The van der Waals surface area contributed by atoms with Crippen LogP contribution in [-0.2, 0) is 0 Å². The normalized spacial score (nSPS) is 14.9. The Morgan fingerprint density at radius 1 is 1.26 bits per heavy atom. The Kier molecular flexibility index (Phi) is 6.38. The zero-order chi connectivity index (χ0) is 14.4. The number of halogens is 2. The van der Waals surface area contributed by atoms with E-state index < -0.39 is 6.43 Å². The first-order chi connectivity index (χ1) is 8.99. The second kappa shape index (κ2) is 7.56. The van der Waals surface area contributed by atoms with Crippen LogP contribution in [0.25, 0.3) is 0 Å². The molecule has 0 aliphatic carbocycles. The van der Waals surface area contributed by atoms with Gasteiger partial charge in [-0.15, -0.1) is 0 Å². The number of rotatable bonds is 7. The molecule has 0 radical (unpaired) electrons. The molecule has 0 bridgehead atoms. The van der Waals surface area contributed by atoms with Crippen LogP contribution < -0.4 is 5.73 Å². The third-order valence-electron chi connectivity index (χ3n) is 3.60. The van der Waals surface area contributed by atoms with Crippen LogP contribution in [0.3, 0.4) is 0 Å². The molecule has 0 amide bonds. The lowest BCUT2D eigenvalue weighted by molar-refractivity contribution is 0.151. The van der Waals surface area contributed by atoms with E-state index in [4.69, 9.17) is 5.73 Å². The van der Waals surface area contributed by atoms with Gasteiger partial charge in [-0.3, -0.25) is 4.90 Å². The van der Waals surface area contributed by atoms with E-state index in [2.05, 4.69) is 18.7 Å². The molecule has 0 aliphatic rings. The molecular weight excluding hydrogens is 246 g/mol. The summed E-state index contributed by atoms with van der Waals surface area (Å²) in [6.45, 7) is 5.67. The molecule has 19 heavy (non-hydrogen) atoms. The van der Waals surface area contributed by atoms with Crippen molar-refractivity contribution >= 4 is 0 Å². The van der Waals surface area contributed by atoms with Crippen LogP contribution in [0, 0.1) is 5.92 Å². The van der Waals surface area contributed by atoms with Crippen LogP contribution in [0.5, 0.6) is 0 Å². The van der Waals surface area contributed by atoms with E-state index in [9.17, 15) is 8.78 Å². The third-order valence-corrected chi connectivity index (χ3v) is 3.60. The van der Waals surface area contributed by atoms with Gasteiger partial charge in [0.25, 0.3) is 6.43 Å². The maximum atomic E-state index is 12.7. The Bertz CT molecular complexity index is 382. The van der Waals surface area contributed by atoms with E-state index in [1.54, 1.807) is 12.1 Å². The zero-order valence-electron chi connectivity index (χ0n) is 11.9. The van der Waals surface area contributed by atoms with E-state index in [1.165, 1.54) is 6.07 Å². The average Bonchev–Trinajstić information content (AvgIpc) is 2.39. The van der Waals surface area contributed by atoms with Crippen LogP contribution in [-0.4, -0.2) is 25.0 Å². The Labute approximate surface area is 114 Å². The summed E-state index contributed by atoms with van der Waals surface area (Å²) in [6, 6.07) is 6.56. The first-order valence-electron chi connectivity index (χ1n) is 6.77. The summed E-state index contributed by atoms with van der Waals surface area (Å²) in [5, 5.41) is 0. The van der Waals surface area contributed by atoms with Crippen LogP contribution in [0.15, 0.2) is 24.3 Å². The molecule has 0 spiro atoms. The van der Waals surface area contributed by atoms with Gasteiger partial charge in [0, 0.05) is 24.7 Å². The largest absolute Gasteiger partial charge is 0.329 e. The molecule has 2 unspecified atom stereocenters. The van der Waals surface area contributed by atoms with Gasteiger partial charge in [0.05, 0.1) is 0 Å². The topological polar surface area (TPSA) is 29.3 Å². The molecule has 0 fully saturated rings. The molecule has 0 saturated carbocycles. The minimum atomic E-state index is -2.43. The standard InChI is InChI=1S/C15H24F2N2/c1-4-11(2)10-19(3)14(9-18)12-6-5-7-13(8-12)15(16)17/h5-8,11,14-15H,4,9-10,18H2,1-3H3.